The van der Waals surface area contributed by atoms with E-state index in [1.165, 1.54) is 29.3 Å². The highest BCUT2D eigenvalue weighted by atomic mass is 16.4. The predicted octanol–water partition coefficient (Wildman–Crippen LogP) is 6.27. The van der Waals surface area contributed by atoms with Crippen molar-refractivity contribution in [1.82, 2.24) is 0 Å². The Hall–Kier alpha value is -3.73. The first-order chi connectivity index (χ1) is 16.1. The summed E-state index contributed by atoms with van der Waals surface area (Å²) in [4.78, 5) is 36.8. The first-order valence-corrected chi connectivity index (χ1v) is 11.5. The molecular weight excluding hydrogens is 426 g/mol. The second-order valence-corrected chi connectivity index (χ2v) is 9.33. The Morgan fingerprint density at radius 2 is 1.32 bits per heavy atom. The number of carbonyl (C=O) groups excluding carboxylic acids is 2. The van der Waals surface area contributed by atoms with Gasteiger partial charge >= 0.3 is 5.97 Å². The van der Waals surface area contributed by atoms with E-state index in [-0.39, 0.29) is 22.8 Å². The largest absolute Gasteiger partial charge is 0.478 e. The number of amides is 1. The highest BCUT2D eigenvalue weighted by Crippen LogP contribution is 2.20. The van der Waals surface area contributed by atoms with Gasteiger partial charge in [0.25, 0.3) is 5.91 Å². The number of anilines is 1. The number of carboxylic acid groups (broad SMARTS) is 1. The van der Waals surface area contributed by atoms with Gasteiger partial charge in [-0.3, -0.25) is 9.59 Å². The molecule has 0 atom stereocenters. The van der Waals surface area contributed by atoms with E-state index in [2.05, 4.69) is 43.4 Å². The number of carboxylic acids is 1. The van der Waals surface area contributed by atoms with Crippen LogP contribution in [-0.4, -0.2) is 22.8 Å². The number of hydrogen-bond acceptors (Lipinski definition) is 3. The van der Waals surface area contributed by atoms with Gasteiger partial charge in [0.2, 0.25) is 0 Å². The third-order valence-corrected chi connectivity index (χ3v) is 5.59. The van der Waals surface area contributed by atoms with Gasteiger partial charge in [0, 0.05) is 17.2 Å². The summed E-state index contributed by atoms with van der Waals surface area (Å²) in [6.07, 6.45) is 1.84. The molecule has 0 aliphatic carbocycles. The SMILES string of the molecule is CC(C)Cc1ccc(Cc2ccc(NC(=O)c3cc(C(=O)C(C)C)ccc3C(=O)O)cc2)cc1. The number of carbonyl (C=O) groups is 3. The molecule has 5 nitrogen and oxygen atoms in total. The summed E-state index contributed by atoms with van der Waals surface area (Å²) in [6.45, 7) is 7.93. The zero-order chi connectivity index (χ0) is 24.8. The third kappa shape index (κ3) is 6.41. The van der Waals surface area contributed by atoms with Gasteiger partial charge in [-0.05, 0) is 59.7 Å². The van der Waals surface area contributed by atoms with Crippen LogP contribution in [0.25, 0.3) is 0 Å². The minimum atomic E-state index is -1.22. The number of benzene rings is 3. The Bertz CT molecular complexity index is 1180. The normalized spacial score (nSPS) is 11.0. The Morgan fingerprint density at radius 1 is 0.765 bits per heavy atom. The van der Waals surface area contributed by atoms with Gasteiger partial charge in [-0.25, -0.2) is 4.79 Å². The second kappa shape index (κ2) is 10.9. The Balaban J connectivity index is 1.72. The molecule has 2 N–H and O–H groups in total. The lowest BCUT2D eigenvalue weighted by atomic mass is 9.96. The molecule has 0 heterocycles. The maximum Gasteiger partial charge on any atom is 0.336 e. The van der Waals surface area contributed by atoms with E-state index >= 15 is 0 Å². The average Bonchev–Trinajstić information content (AvgIpc) is 2.80. The molecule has 34 heavy (non-hydrogen) atoms. The molecular formula is C29H31NO4. The molecule has 176 valence electrons. The van der Waals surface area contributed by atoms with Crippen molar-refractivity contribution in [3.8, 4) is 0 Å². The molecule has 3 aromatic rings. The summed E-state index contributed by atoms with van der Waals surface area (Å²) < 4.78 is 0. The lowest BCUT2D eigenvalue weighted by Crippen LogP contribution is -2.18. The molecule has 0 unspecified atom stereocenters. The van der Waals surface area contributed by atoms with Crippen LogP contribution < -0.4 is 5.32 Å². The molecule has 0 aliphatic heterocycles. The van der Waals surface area contributed by atoms with Crippen LogP contribution >= 0.6 is 0 Å². The predicted molar refractivity (Wildman–Crippen MR) is 135 cm³/mol. The molecule has 0 saturated heterocycles. The smallest absolute Gasteiger partial charge is 0.336 e. The number of ketones is 1. The molecule has 3 rings (SSSR count). The van der Waals surface area contributed by atoms with E-state index in [4.69, 9.17) is 0 Å². The molecule has 0 spiro atoms. The molecule has 0 bridgehead atoms. The highest BCUT2D eigenvalue weighted by molar-refractivity contribution is 6.12. The van der Waals surface area contributed by atoms with Crippen molar-refractivity contribution in [2.24, 2.45) is 11.8 Å². The minimum Gasteiger partial charge on any atom is -0.478 e. The van der Waals surface area contributed by atoms with Gasteiger partial charge < -0.3 is 10.4 Å². The number of Topliss-reactive ketones (excluding diaryl/α,β-unsaturated/α-hetero) is 1. The van der Waals surface area contributed by atoms with Crippen molar-refractivity contribution in [3.05, 3.63) is 100 Å². The molecule has 0 aliphatic rings. The first kappa shape index (κ1) is 24.9. The Labute approximate surface area is 200 Å². The number of rotatable bonds is 9. The van der Waals surface area contributed by atoms with Crippen LogP contribution in [0.1, 0.15) is 75.5 Å². The maximum atomic E-state index is 12.9. The van der Waals surface area contributed by atoms with Crippen LogP contribution in [0.15, 0.2) is 66.7 Å². The summed E-state index contributed by atoms with van der Waals surface area (Å²) in [6, 6.07) is 20.2. The third-order valence-electron chi connectivity index (χ3n) is 5.59. The monoisotopic (exact) mass is 457 g/mol. The van der Waals surface area contributed by atoms with E-state index in [1.807, 2.05) is 12.1 Å². The van der Waals surface area contributed by atoms with E-state index in [1.54, 1.807) is 26.0 Å². The van der Waals surface area contributed by atoms with Crippen molar-refractivity contribution >= 4 is 23.3 Å². The molecule has 5 heteroatoms. The molecule has 1 amide bonds. The van der Waals surface area contributed by atoms with Crippen LogP contribution in [0.5, 0.6) is 0 Å². The Morgan fingerprint density at radius 3 is 1.85 bits per heavy atom. The van der Waals surface area contributed by atoms with Gasteiger partial charge in [0.1, 0.15) is 0 Å². The minimum absolute atomic E-state index is 0.0374. The number of aromatic carboxylic acids is 1. The van der Waals surface area contributed by atoms with Crippen molar-refractivity contribution < 1.29 is 19.5 Å². The summed E-state index contributed by atoms with van der Waals surface area (Å²) in [5, 5.41) is 12.2. The zero-order valence-electron chi connectivity index (χ0n) is 20.1. The van der Waals surface area contributed by atoms with Crippen LogP contribution in [0.3, 0.4) is 0 Å². The van der Waals surface area contributed by atoms with Crippen LogP contribution in [0.2, 0.25) is 0 Å². The maximum absolute atomic E-state index is 12.9. The molecule has 0 aromatic heterocycles. The fourth-order valence-electron chi connectivity index (χ4n) is 3.81. The van der Waals surface area contributed by atoms with Gasteiger partial charge in [-0.15, -0.1) is 0 Å². The van der Waals surface area contributed by atoms with E-state index in [0.717, 1.165) is 18.4 Å². The first-order valence-electron chi connectivity index (χ1n) is 11.5. The van der Waals surface area contributed by atoms with Crippen molar-refractivity contribution in [2.75, 3.05) is 5.32 Å². The molecule has 0 saturated carbocycles. The summed E-state index contributed by atoms with van der Waals surface area (Å²) in [7, 11) is 0. The lowest BCUT2D eigenvalue weighted by Gasteiger charge is -2.11. The van der Waals surface area contributed by atoms with Crippen LogP contribution in [0, 0.1) is 11.8 Å². The summed E-state index contributed by atoms with van der Waals surface area (Å²) in [5.41, 5.74) is 4.34. The fourth-order valence-corrected chi connectivity index (χ4v) is 3.81. The van der Waals surface area contributed by atoms with Gasteiger partial charge in [0.15, 0.2) is 5.78 Å². The van der Waals surface area contributed by atoms with E-state index in [9.17, 15) is 19.5 Å². The lowest BCUT2D eigenvalue weighted by molar-refractivity contribution is 0.0692. The molecule has 0 fully saturated rings. The molecule has 0 radical (unpaired) electrons. The summed E-state index contributed by atoms with van der Waals surface area (Å²) >= 11 is 0. The van der Waals surface area contributed by atoms with E-state index in [0.29, 0.717) is 17.2 Å². The van der Waals surface area contributed by atoms with Crippen molar-refractivity contribution in [2.45, 2.75) is 40.5 Å². The second-order valence-electron chi connectivity index (χ2n) is 9.33. The van der Waals surface area contributed by atoms with Crippen molar-refractivity contribution in [3.63, 3.8) is 0 Å². The molecule has 3 aromatic carbocycles. The van der Waals surface area contributed by atoms with E-state index < -0.39 is 11.9 Å². The quantitative estimate of drug-likeness (QED) is 0.371. The fraction of sp³-hybridized carbons (Fsp3) is 0.276. The topological polar surface area (TPSA) is 83.5 Å². The number of nitrogens with one attached hydrogen (secondary N) is 1. The number of hydrogen-bond donors (Lipinski definition) is 2. The van der Waals surface area contributed by atoms with Gasteiger partial charge in [-0.1, -0.05) is 70.2 Å². The van der Waals surface area contributed by atoms with Crippen LogP contribution in [-0.2, 0) is 12.8 Å². The standard InChI is InChI=1S/C29H31NO4/c1-18(2)15-20-5-7-21(8-6-20)16-22-9-12-24(13-10-22)30-28(32)26-17-23(27(31)19(3)4)11-14-25(26)29(33)34/h5-14,17-19H,15-16H2,1-4H3,(H,30,32)(H,33,34). The zero-order valence-corrected chi connectivity index (χ0v) is 20.1. The Kier molecular flexibility index (Phi) is 8.00. The average molecular weight is 458 g/mol. The van der Waals surface area contributed by atoms with Crippen LogP contribution in [0.4, 0.5) is 5.69 Å². The van der Waals surface area contributed by atoms with Gasteiger partial charge in [-0.2, -0.15) is 0 Å². The summed E-state index contributed by atoms with van der Waals surface area (Å²) in [5.74, 6) is -1.57. The van der Waals surface area contributed by atoms with Crippen molar-refractivity contribution in [1.29, 1.82) is 0 Å². The highest BCUT2D eigenvalue weighted by Gasteiger charge is 2.20. The van der Waals surface area contributed by atoms with Gasteiger partial charge in [0.05, 0.1) is 11.1 Å².